The van der Waals surface area contributed by atoms with Crippen molar-refractivity contribution in [1.29, 1.82) is 5.26 Å². The van der Waals surface area contributed by atoms with Gasteiger partial charge in [0, 0.05) is 16.1 Å². The Morgan fingerprint density at radius 1 is 1.26 bits per heavy atom. The summed E-state index contributed by atoms with van der Waals surface area (Å²) in [5.41, 5.74) is 4.12. The van der Waals surface area contributed by atoms with Gasteiger partial charge in [0.1, 0.15) is 17.7 Å². The molecule has 7 heteroatoms. The molecule has 0 radical (unpaired) electrons. The third-order valence-electron chi connectivity index (χ3n) is 6.46. The highest BCUT2D eigenvalue weighted by Crippen LogP contribution is 2.45. The van der Waals surface area contributed by atoms with E-state index in [1.54, 1.807) is 18.4 Å². The van der Waals surface area contributed by atoms with Crippen LogP contribution < -0.4 is 9.47 Å². The summed E-state index contributed by atoms with van der Waals surface area (Å²) in [6.07, 6.45) is 4.92. The molecule has 1 aliphatic rings. The van der Waals surface area contributed by atoms with Crippen molar-refractivity contribution in [3.8, 4) is 17.6 Å². The van der Waals surface area contributed by atoms with Crippen LogP contribution in [0.15, 0.2) is 41.4 Å². The maximum absolute atomic E-state index is 9.85. The molecule has 1 atom stereocenters. The van der Waals surface area contributed by atoms with Gasteiger partial charge in [-0.3, -0.25) is 0 Å². The van der Waals surface area contributed by atoms with E-state index in [2.05, 4.69) is 49.4 Å². The molecule has 182 valence electrons. The summed E-state index contributed by atoms with van der Waals surface area (Å²) in [7, 11) is 1.63. The average Bonchev–Trinajstić information content (AvgIpc) is 3.19. The normalized spacial score (nSPS) is 15.6. The number of rotatable bonds is 6. The largest absolute Gasteiger partial charge is 0.493 e. The summed E-state index contributed by atoms with van der Waals surface area (Å²) >= 11 is 9.89. The van der Waals surface area contributed by atoms with Gasteiger partial charge in [-0.15, -0.1) is 11.3 Å². The van der Waals surface area contributed by atoms with Crippen LogP contribution in [0.25, 0.3) is 0 Å². The second kappa shape index (κ2) is 10.9. The standard InChI is InChI=1S/C28H28ClIN2O2S/c1-28(2,3)19-7-10-21-22(14-31)27(35-25(21)13-19)32-15-18-11-23(30)26(24(12-18)33-4)34-16-17-5-8-20(29)9-6-17/h5-6,8-9,11-12,15,19H,7,10,13,16H2,1-4H3/t19-/m1/s1. The molecular weight excluding hydrogens is 591 g/mol. The van der Waals surface area contributed by atoms with Gasteiger partial charge in [-0.2, -0.15) is 5.26 Å². The van der Waals surface area contributed by atoms with Gasteiger partial charge in [0.2, 0.25) is 0 Å². The van der Waals surface area contributed by atoms with Crippen LogP contribution in [0.5, 0.6) is 11.5 Å². The average molecular weight is 619 g/mol. The van der Waals surface area contributed by atoms with Crippen molar-refractivity contribution in [3.05, 3.63) is 72.1 Å². The number of ether oxygens (including phenoxy) is 2. The van der Waals surface area contributed by atoms with Crippen molar-refractivity contribution < 1.29 is 9.47 Å². The molecule has 0 saturated heterocycles. The molecule has 1 aromatic heterocycles. The summed E-state index contributed by atoms with van der Waals surface area (Å²) in [6, 6.07) is 13.9. The first-order valence-electron chi connectivity index (χ1n) is 11.5. The van der Waals surface area contributed by atoms with E-state index in [9.17, 15) is 5.26 Å². The molecular formula is C28H28ClIN2O2S. The first-order chi connectivity index (χ1) is 16.7. The zero-order valence-corrected chi connectivity index (χ0v) is 24.1. The maximum Gasteiger partial charge on any atom is 0.174 e. The number of hydrogen-bond acceptors (Lipinski definition) is 5. The molecule has 0 unspecified atom stereocenters. The predicted octanol–water partition coefficient (Wildman–Crippen LogP) is 8.37. The minimum Gasteiger partial charge on any atom is -0.493 e. The minimum absolute atomic E-state index is 0.266. The summed E-state index contributed by atoms with van der Waals surface area (Å²) in [5, 5.41) is 11.3. The van der Waals surface area contributed by atoms with Gasteiger partial charge in [0.05, 0.1) is 16.2 Å². The first-order valence-corrected chi connectivity index (χ1v) is 13.8. The second-order valence-corrected chi connectivity index (χ2v) is 12.5. The fraction of sp³-hybridized carbons (Fsp3) is 0.357. The molecule has 1 heterocycles. The fourth-order valence-corrected chi connectivity index (χ4v) is 6.47. The van der Waals surface area contributed by atoms with Gasteiger partial charge in [-0.1, -0.05) is 44.5 Å². The van der Waals surface area contributed by atoms with Crippen LogP contribution in [0.1, 0.15) is 54.3 Å². The molecule has 0 saturated carbocycles. The SMILES string of the molecule is COc1cc(C=Nc2sc3c(c2C#N)CC[C@@H](C(C)(C)C)C3)cc(I)c1OCc1ccc(Cl)cc1. The van der Waals surface area contributed by atoms with Crippen LogP contribution in [0.3, 0.4) is 0 Å². The summed E-state index contributed by atoms with van der Waals surface area (Å²) in [6.45, 7) is 7.33. The lowest BCUT2D eigenvalue weighted by Crippen LogP contribution is -2.26. The maximum atomic E-state index is 9.85. The Balaban J connectivity index is 1.55. The quantitative estimate of drug-likeness (QED) is 0.206. The molecule has 0 spiro atoms. The molecule has 2 aromatic carbocycles. The number of hydrogen-bond donors (Lipinski definition) is 0. The highest BCUT2D eigenvalue weighted by molar-refractivity contribution is 14.1. The van der Waals surface area contributed by atoms with E-state index >= 15 is 0 Å². The van der Waals surface area contributed by atoms with E-state index in [-0.39, 0.29) is 5.41 Å². The van der Waals surface area contributed by atoms with E-state index < -0.39 is 0 Å². The molecule has 0 bridgehead atoms. The first kappa shape index (κ1) is 26.0. The lowest BCUT2D eigenvalue weighted by Gasteiger charge is -2.33. The number of benzene rings is 2. The molecule has 4 rings (SSSR count). The Morgan fingerprint density at radius 2 is 2.00 bits per heavy atom. The Hall–Kier alpha value is -2.08. The number of aliphatic imine (C=N–C) groups is 1. The lowest BCUT2D eigenvalue weighted by molar-refractivity contribution is 0.218. The Bertz CT molecular complexity index is 1290. The van der Waals surface area contributed by atoms with Gasteiger partial charge < -0.3 is 9.47 Å². The van der Waals surface area contributed by atoms with Gasteiger partial charge in [-0.25, -0.2) is 4.99 Å². The van der Waals surface area contributed by atoms with Crippen molar-refractivity contribution in [3.63, 3.8) is 0 Å². The Labute approximate surface area is 230 Å². The van der Waals surface area contributed by atoms with Crippen LogP contribution in [-0.2, 0) is 19.4 Å². The van der Waals surface area contributed by atoms with Crippen LogP contribution in [0.2, 0.25) is 5.02 Å². The monoisotopic (exact) mass is 618 g/mol. The van der Waals surface area contributed by atoms with Crippen LogP contribution in [-0.4, -0.2) is 13.3 Å². The van der Waals surface area contributed by atoms with Crippen LogP contribution in [0, 0.1) is 26.2 Å². The van der Waals surface area contributed by atoms with Crippen LogP contribution >= 0.6 is 45.5 Å². The van der Waals surface area contributed by atoms with E-state index in [0.29, 0.717) is 29.0 Å². The fourth-order valence-electron chi connectivity index (χ4n) is 4.34. The van der Waals surface area contributed by atoms with Crippen molar-refractivity contribution in [2.24, 2.45) is 16.3 Å². The number of fused-ring (bicyclic) bond motifs is 1. The molecule has 4 nitrogen and oxygen atoms in total. The summed E-state index contributed by atoms with van der Waals surface area (Å²) in [4.78, 5) is 6.06. The van der Waals surface area contributed by atoms with Crippen LogP contribution in [0.4, 0.5) is 5.00 Å². The van der Waals surface area contributed by atoms with Crippen molar-refractivity contribution in [1.82, 2.24) is 0 Å². The number of nitrogens with zero attached hydrogens (tertiary/aromatic N) is 2. The molecule has 0 amide bonds. The molecule has 0 aliphatic heterocycles. The highest BCUT2D eigenvalue weighted by Gasteiger charge is 2.32. The second-order valence-electron chi connectivity index (χ2n) is 9.81. The minimum atomic E-state index is 0.266. The van der Waals surface area contributed by atoms with Gasteiger partial charge >= 0.3 is 0 Å². The zero-order valence-electron chi connectivity index (χ0n) is 20.3. The van der Waals surface area contributed by atoms with E-state index in [0.717, 1.165) is 44.5 Å². The molecule has 0 N–H and O–H groups in total. The van der Waals surface area contributed by atoms with Gasteiger partial charge in [0.25, 0.3) is 0 Å². The Kier molecular flexibility index (Phi) is 8.09. The van der Waals surface area contributed by atoms with E-state index in [1.165, 1.54) is 10.4 Å². The molecule has 0 fully saturated rings. The summed E-state index contributed by atoms with van der Waals surface area (Å²) in [5.74, 6) is 1.97. The smallest absolute Gasteiger partial charge is 0.174 e. The molecule has 35 heavy (non-hydrogen) atoms. The summed E-state index contributed by atoms with van der Waals surface area (Å²) < 4.78 is 12.6. The molecule has 3 aromatic rings. The van der Waals surface area contributed by atoms with Gasteiger partial charge in [-0.05, 0) is 94.1 Å². The van der Waals surface area contributed by atoms with Crippen molar-refractivity contribution in [2.75, 3.05) is 7.11 Å². The molecule has 1 aliphatic carbocycles. The number of methoxy groups -OCH3 is 1. The van der Waals surface area contributed by atoms with E-state index in [4.69, 9.17) is 26.1 Å². The van der Waals surface area contributed by atoms with Crippen molar-refractivity contribution in [2.45, 2.75) is 46.6 Å². The topological polar surface area (TPSA) is 54.6 Å². The number of nitriles is 1. The third-order valence-corrected chi connectivity index (χ3v) is 8.68. The number of halogens is 2. The predicted molar refractivity (Wildman–Crippen MR) is 153 cm³/mol. The highest BCUT2D eigenvalue weighted by atomic mass is 127. The Morgan fingerprint density at radius 3 is 2.66 bits per heavy atom. The van der Waals surface area contributed by atoms with Gasteiger partial charge in [0.15, 0.2) is 11.5 Å². The van der Waals surface area contributed by atoms with Crippen molar-refractivity contribution >= 4 is 56.7 Å². The van der Waals surface area contributed by atoms with E-state index in [1.807, 2.05) is 42.6 Å². The zero-order chi connectivity index (χ0) is 25.2. The third kappa shape index (κ3) is 6.02. The lowest BCUT2D eigenvalue weighted by atomic mass is 9.72. The number of thiophene rings is 1.